The zero-order valence-corrected chi connectivity index (χ0v) is 9.71. The first kappa shape index (κ1) is 11.1. The van der Waals surface area contributed by atoms with Crippen molar-refractivity contribution in [2.45, 2.75) is 20.3 Å². The molecule has 2 N–H and O–H groups in total. The molecule has 3 nitrogen and oxygen atoms in total. The van der Waals surface area contributed by atoms with Gasteiger partial charge in [-0.2, -0.15) is 0 Å². The largest absolute Gasteiger partial charge is 0.395 e. The molecule has 0 unspecified atom stereocenters. The molecule has 86 valence electrons. The number of rotatable bonds is 3. The highest BCUT2D eigenvalue weighted by atomic mass is 16.3. The Hall–Kier alpha value is -1.35. The van der Waals surface area contributed by atoms with E-state index in [0.717, 1.165) is 23.2 Å². The fourth-order valence-corrected chi connectivity index (χ4v) is 2.19. The van der Waals surface area contributed by atoms with Crippen molar-refractivity contribution >= 4 is 11.5 Å². The Bertz CT molecular complexity index is 424. The lowest BCUT2D eigenvalue weighted by atomic mass is 9.89. The van der Waals surface area contributed by atoms with Crippen molar-refractivity contribution in [3.05, 3.63) is 29.3 Å². The van der Waals surface area contributed by atoms with Crippen LogP contribution in [0.1, 0.15) is 29.8 Å². The van der Waals surface area contributed by atoms with Crippen molar-refractivity contribution in [1.29, 1.82) is 0 Å². The maximum absolute atomic E-state index is 12.0. The van der Waals surface area contributed by atoms with Crippen LogP contribution in [0.3, 0.4) is 0 Å². The van der Waals surface area contributed by atoms with Gasteiger partial charge in [-0.1, -0.05) is 13.8 Å². The standard InChI is InChI=1S/C13H17NO2/c1-13(2)8-9-7-10(14-5-6-15)3-4-11(9)12(13)16/h3-4,7,14-15H,5-6,8H2,1-2H3. The maximum Gasteiger partial charge on any atom is 0.169 e. The van der Waals surface area contributed by atoms with Crippen molar-refractivity contribution in [1.82, 2.24) is 0 Å². The Labute approximate surface area is 95.5 Å². The molecule has 0 amide bonds. The second-order valence-corrected chi connectivity index (χ2v) is 4.91. The number of Topliss-reactive ketones (excluding diaryl/α,β-unsaturated/α-hetero) is 1. The molecule has 0 spiro atoms. The average molecular weight is 219 g/mol. The lowest BCUT2D eigenvalue weighted by molar-refractivity contribution is 0.0863. The number of carbonyl (C=O) groups is 1. The topological polar surface area (TPSA) is 49.3 Å². The lowest BCUT2D eigenvalue weighted by Crippen LogP contribution is -2.18. The smallest absolute Gasteiger partial charge is 0.169 e. The zero-order valence-electron chi connectivity index (χ0n) is 9.71. The molecule has 0 atom stereocenters. The van der Waals surface area contributed by atoms with Crippen LogP contribution in [-0.2, 0) is 6.42 Å². The number of nitrogens with one attached hydrogen (secondary N) is 1. The molecular weight excluding hydrogens is 202 g/mol. The van der Waals surface area contributed by atoms with Crippen LogP contribution in [0.15, 0.2) is 18.2 Å². The summed E-state index contributed by atoms with van der Waals surface area (Å²) in [5, 5.41) is 11.8. The number of aliphatic hydroxyl groups is 1. The molecule has 0 fully saturated rings. The van der Waals surface area contributed by atoms with Gasteiger partial charge in [0.25, 0.3) is 0 Å². The number of aliphatic hydroxyl groups excluding tert-OH is 1. The van der Waals surface area contributed by atoms with Gasteiger partial charge in [0.15, 0.2) is 5.78 Å². The van der Waals surface area contributed by atoms with Crippen LogP contribution in [0, 0.1) is 5.41 Å². The molecule has 0 saturated heterocycles. The van der Waals surface area contributed by atoms with Crippen molar-refractivity contribution < 1.29 is 9.90 Å². The molecule has 0 saturated carbocycles. The summed E-state index contributed by atoms with van der Waals surface area (Å²) < 4.78 is 0. The number of fused-ring (bicyclic) bond motifs is 1. The first-order chi connectivity index (χ1) is 7.54. The first-order valence-corrected chi connectivity index (χ1v) is 5.57. The van der Waals surface area contributed by atoms with Crippen LogP contribution in [0.4, 0.5) is 5.69 Å². The Balaban J connectivity index is 2.27. The van der Waals surface area contributed by atoms with E-state index in [-0.39, 0.29) is 17.8 Å². The van der Waals surface area contributed by atoms with Gasteiger partial charge in [-0.3, -0.25) is 4.79 Å². The quantitative estimate of drug-likeness (QED) is 0.815. The van der Waals surface area contributed by atoms with Gasteiger partial charge < -0.3 is 10.4 Å². The lowest BCUT2D eigenvalue weighted by Gasteiger charge is -2.12. The van der Waals surface area contributed by atoms with Gasteiger partial charge in [-0.15, -0.1) is 0 Å². The van der Waals surface area contributed by atoms with Crippen molar-refractivity contribution in [2.75, 3.05) is 18.5 Å². The normalized spacial score (nSPS) is 17.3. The van der Waals surface area contributed by atoms with Crippen LogP contribution in [0.25, 0.3) is 0 Å². The highest BCUT2D eigenvalue weighted by Crippen LogP contribution is 2.37. The molecule has 0 aromatic heterocycles. The Morgan fingerprint density at radius 2 is 2.19 bits per heavy atom. The zero-order chi connectivity index (χ0) is 11.8. The molecule has 1 aromatic rings. The summed E-state index contributed by atoms with van der Waals surface area (Å²) in [6.45, 7) is 4.62. The maximum atomic E-state index is 12.0. The number of carbonyl (C=O) groups excluding carboxylic acids is 1. The molecular formula is C13H17NO2. The molecule has 0 aliphatic heterocycles. The summed E-state index contributed by atoms with van der Waals surface area (Å²) in [5.41, 5.74) is 2.66. The minimum absolute atomic E-state index is 0.113. The number of hydrogen-bond donors (Lipinski definition) is 2. The van der Waals surface area contributed by atoms with Gasteiger partial charge in [0.05, 0.1) is 6.61 Å². The Morgan fingerprint density at radius 3 is 2.88 bits per heavy atom. The molecule has 16 heavy (non-hydrogen) atoms. The molecule has 1 aromatic carbocycles. The van der Waals surface area contributed by atoms with E-state index in [2.05, 4.69) is 5.32 Å². The fraction of sp³-hybridized carbons (Fsp3) is 0.462. The predicted octanol–water partition coefficient (Wildman–Crippen LogP) is 1.86. The highest BCUT2D eigenvalue weighted by Gasteiger charge is 2.37. The number of ketones is 1. The number of benzene rings is 1. The van der Waals surface area contributed by atoms with E-state index in [9.17, 15) is 4.79 Å². The monoisotopic (exact) mass is 219 g/mol. The van der Waals surface area contributed by atoms with Crippen LogP contribution >= 0.6 is 0 Å². The van der Waals surface area contributed by atoms with E-state index in [1.807, 2.05) is 32.0 Å². The van der Waals surface area contributed by atoms with Gasteiger partial charge in [-0.25, -0.2) is 0 Å². The highest BCUT2D eigenvalue weighted by molar-refractivity contribution is 6.04. The third kappa shape index (κ3) is 1.83. The van der Waals surface area contributed by atoms with E-state index >= 15 is 0 Å². The van der Waals surface area contributed by atoms with E-state index < -0.39 is 0 Å². The van der Waals surface area contributed by atoms with Crippen LogP contribution in [0.2, 0.25) is 0 Å². The van der Waals surface area contributed by atoms with E-state index in [0.29, 0.717) is 6.54 Å². The van der Waals surface area contributed by atoms with Gasteiger partial charge in [-0.05, 0) is 30.2 Å². The molecule has 0 bridgehead atoms. The molecule has 2 rings (SSSR count). The minimum atomic E-state index is -0.266. The van der Waals surface area contributed by atoms with Gasteiger partial charge in [0.2, 0.25) is 0 Å². The Kier molecular flexibility index (Phi) is 2.72. The second kappa shape index (κ2) is 3.91. The summed E-state index contributed by atoms with van der Waals surface area (Å²) in [6.07, 6.45) is 0.801. The third-order valence-electron chi connectivity index (χ3n) is 3.04. The molecule has 3 heteroatoms. The van der Waals surface area contributed by atoms with Crippen LogP contribution < -0.4 is 5.32 Å². The molecule has 1 aliphatic rings. The summed E-state index contributed by atoms with van der Waals surface area (Å²) in [4.78, 5) is 12.0. The summed E-state index contributed by atoms with van der Waals surface area (Å²) in [7, 11) is 0. The average Bonchev–Trinajstić information content (AvgIpc) is 2.46. The van der Waals surface area contributed by atoms with Crippen LogP contribution in [0.5, 0.6) is 0 Å². The molecule has 0 heterocycles. The summed E-state index contributed by atoms with van der Waals surface area (Å²) >= 11 is 0. The van der Waals surface area contributed by atoms with Crippen LogP contribution in [-0.4, -0.2) is 24.0 Å². The van der Waals surface area contributed by atoms with E-state index in [4.69, 9.17) is 5.11 Å². The van der Waals surface area contributed by atoms with E-state index in [1.165, 1.54) is 0 Å². The third-order valence-corrected chi connectivity index (χ3v) is 3.04. The molecule has 1 aliphatic carbocycles. The summed E-state index contributed by atoms with van der Waals surface area (Å²) in [5.74, 6) is 0.233. The van der Waals surface area contributed by atoms with Gasteiger partial charge in [0.1, 0.15) is 0 Å². The minimum Gasteiger partial charge on any atom is -0.395 e. The van der Waals surface area contributed by atoms with Crippen molar-refractivity contribution in [2.24, 2.45) is 5.41 Å². The van der Waals surface area contributed by atoms with Gasteiger partial charge in [0, 0.05) is 23.2 Å². The second-order valence-electron chi connectivity index (χ2n) is 4.91. The molecule has 0 radical (unpaired) electrons. The predicted molar refractivity (Wildman–Crippen MR) is 63.8 cm³/mol. The SMILES string of the molecule is CC1(C)Cc2cc(NCCO)ccc2C1=O. The first-order valence-electron chi connectivity index (χ1n) is 5.57. The van der Waals surface area contributed by atoms with Crippen molar-refractivity contribution in [3.63, 3.8) is 0 Å². The van der Waals surface area contributed by atoms with E-state index in [1.54, 1.807) is 0 Å². The Morgan fingerprint density at radius 1 is 1.44 bits per heavy atom. The van der Waals surface area contributed by atoms with Gasteiger partial charge >= 0.3 is 0 Å². The fourth-order valence-electron chi connectivity index (χ4n) is 2.19. The summed E-state index contributed by atoms with van der Waals surface area (Å²) in [6, 6.07) is 5.79. The van der Waals surface area contributed by atoms with Crippen molar-refractivity contribution in [3.8, 4) is 0 Å². The number of anilines is 1. The number of hydrogen-bond acceptors (Lipinski definition) is 3.